The van der Waals surface area contributed by atoms with Gasteiger partial charge in [0.15, 0.2) is 0 Å². The first-order chi connectivity index (χ1) is 16.3. The molecule has 1 aromatic rings. The number of anilines is 1. The van der Waals surface area contributed by atoms with Crippen LogP contribution in [0.3, 0.4) is 0 Å². The molecule has 0 bridgehead atoms. The quantitative estimate of drug-likeness (QED) is 0.662. The van der Waals surface area contributed by atoms with Crippen molar-refractivity contribution >= 4 is 17.5 Å². The molecular formula is C27H43N3O4. The van der Waals surface area contributed by atoms with Gasteiger partial charge in [0.2, 0.25) is 5.91 Å². The largest absolute Gasteiger partial charge is 0.491 e. The van der Waals surface area contributed by atoms with Crippen molar-refractivity contribution in [3.8, 4) is 5.75 Å². The van der Waals surface area contributed by atoms with E-state index in [0.29, 0.717) is 36.6 Å². The molecule has 190 valence electrons. The van der Waals surface area contributed by atoms with Crippen LogP contribution >= 0.6 is 0 Å². The van der Waals surface area contributed by atoms with Gasteiger partial charge in [-0.05, 0) is 56.2 Å². The zero-order chi connectivity index (χ0) is 24.7. The Bertz CT molecular complexity index is 824. The number of amides is 2. The van der Waals surface area contributed by atoms with Crippen LogP contribution in [0.5, 0.6) is 5.75 Å². The molecule has 0 unspecified atom stereocenters. The lowest BCUT2D eigenvalue weighted by molar-refractivity contribution is -0.116. The Morgan fingerprint density at radius 2 is 1.94 bits per heavy atom. The van der Waals surface area contributed by atoms with Crippen LogP contribution in [0.25, 0.3) is 0 Å². The Morgan fingerprint density at radius 3 is 2.62 bits per heavy atom. The van der Waals surface area contributed by atoms with Gasteiger partial charge in [-0.15, -0.1) is 0 Å². The van der Waals surface area contributed by atoms with Crippen LogP contribution in [-0.2, 0) is 9.53 Å². The smallest absolute Gasteiger partial charge is 0.257 e. The molecular weight excluding hydrogens is 430 g/mol. The number of hydrogen-bond acceptors (Lipinski definition) is 5. The molecule has 1 aromatic carbocycles. The number of ether oxygens (including phenoxy) is 2. The number of hydrogen-bond donors (Lipinski definition) is 1. The number of methoxy groups -OCH3 is 1. The Labute approximate surface area is 205 Å². The van der Waals surface area contributed by atoms with Crippen LogP contribution in [0.4, 0.5) is 5.69 Å². The van der Waals surface area contributed by atoms with Crippen LogP contribution in [-0.4, -0.2) is 74.2 Å². The fourth-order valence-electron chi connectivity index (χ4n) is 5.16. The highest BCUT2D eigenvalue weighted by Gasteiger charge is 2.30. The molecule has 0 saturated heterocycles. The molecule has 0 aromatic heterocycles. The van der Waals surface area contributed by atoms with E-state index < -0.39 is 0 Å². The minimum atomic E-state index is -0.133. The van der Waals surface area contributed by atoms with Gasteiger partial charge in [0, 0.05) is 51.9 Å². The van der Waals surface area contributed by atoms with Gasteiger partial charge < -0.3 is 19.7 Å². The van der Waals surface area contributed by atoms with Crippen molar-refractivity contribution in [3.05, 3.63) is 23.8 Å². The van der Waals surface area contributed by atoms with Crippen molar-refractivity contribution in [1.82, 2.24) is 9.80 Å². The van der Waals surface area contributed by atoms with Crippen LogP contribution in [0.2, 0.25) is 0 Å². The SMILES string of the molecule is CCCC(=O)Nc1ccc2c(c1)C(=O)N(C)C[C@@H](OC)[C@H](C)CN(CC1CCCC1)[C@@H](C)CO2. The molecule has 1 aliphatic carbocycles. The van der Waals surface area contributed by atoms with Crippen LogP contribution in [0.15, 0.2) is 18.2 Å². The standard InChI is InChI=1S/C27H43N3O4/c1-6-9-26(31)28-22-12-13-24-23(14-22)27(32)29(4)17-25(33-5)19(2)15-30(20(3)18-34-24)16-21-10-7-8-11-21/h12-14,19-21,25H,6-11,15-18H2,1-5H3,(H,28,31)/t19-,20+,25-/m1/s1. The van der Waals surface area contributed by atoms with E-state index in [2.05, 4.69) is 24.1 Å². The second kappa shape index (κ2) is 12.5. The van der Waals surface area contributed by atoms with Gasteiger partial charge in [0.25, 0.3) is 5.91 Å². The van der Waals surface area contributed by atoms with Gasteiger partial charge >= 0.3 is 0 Å². The summed E-state index contributed by atoms with van der Waals surface area (Å²) in [5, 5.41) is 2.90. The van der Waals surface area contributed by atoms with Gasteiger partial charge in [-0.2, -0.15) is 0 Å². The molecule has 0 radical (unpaired) electrons. The number of nitrogens with one attached hydrogen (secondary N) is 1. The van der Waals surface area contributed by atoms with Crippen molar-refractivity contribution in [2.24, 2.45) is 11.8 Å². The number of benzene rings is 1. The minimum Gasteiger partial charge on any atom is -0.491 e. The molecule has 1 N–H and O–H groups in total. The number of carbonyl (C=O) groups is 2. The number of rotatable bonds is 6. The zero-order valence-corrected chi connectivity index (χ0v) is 21.6. The number of nitrogens with zero attached hydrogens (tertiary/aromatic N) is 2. The molecule has 3 rings (SSSR count). The van der Waals surface area contributed by atoms with Crippen molar-refractivity contribution in [2.75, 3.05) is 45.7 Å². The highest BCUT2D eigenvalue weighted by Crippen LogP contribution is 2.29. The lowest BCUT2D eigenvalue weighted by Crippen LogP contribution is -2.47. The molecule has 1 aliphatic heterocycles. The normalized spacial score (nSPS) is 25.3. The van der Waals surface area contributed by atoms with E-state index in [4.69, 9.17) is 9.47 Å². The topological polar surface area (TPSA) is 71.1 Å². The van der Waals surface area contributed by atoms with Crippen molar-refractivity contribution in [1.29, 1.82) is 0 Å². The van der Waals surface area contributed by atoms with Crippen molar-refractivity contribution < 1.29 is 19.1 Å². The summed E-state index contributed by atoms with van der Waals surface area (Å²) in [5.41, 5.74) is 1.08. The second-order valence-corrected chi connectivity index (χ2v) is 10.2. The van der Waals surface area contributed by atoms with Crippen LogP contribution in [0, 0.1) is 11.8 Å². The lowest BCUT2D eigenvalue weighted by Gasteiger charge is -2.37. The van der Waals surface area contributed by atoms with Gasteiger partial charge in [0.1, 0.15) is 12.4 Å². The van der Waals surface area contributed by atoms with E-state index in [1.165, 1.54) is 25.7 Å². The summed E-state index contributed by atoms with van der Waals surface area (Å²) >= 11 is 0. The van der Waals surface area contributed by atoms with E-state index in [1.807, 2.05) is 13.0 Å². The monoisotopic (exact) mass is 473 g/mol. The van der Waals surface area contributed by atoms with Gasteiger partial charge in [-0.25, -0.2) is 0 Å². The molecule has 2 aliphatic rings. The molecule has 3 atom stereocenters. The molecule has 2 amide bonds. The maximum atomic E-state index is 13.4. The Balaban J connectivity index is 1.88. The first-order valence-electron chi connectivity index (χ1n) is 12.9. The maximum Gasteiger partial charge on any atom is 0.257 e. The van der Waals surface area contributed by atoms with E-state index in [1.54, 1.807) is 31.2 Å². The Kier molecular flexibility index (Phi) is 9.77. The van der Waals surface area contributed by atoms with E-state index in [9.17, 15) is 9.59 Å². The molecule has 0 spiro atoms. The highest BCUT2D eigenvalue weighted by atomic mass is 16.5. The fraction of sp³-hybridized carbons (Fsp3) is 0.704. The third kappa shape index (κ3) is 6.95. The Hall–Kier alpha value is -2.12. The summed E-state index contributed by atoms with van der Waals surface area (Å²) in [6.07, 6.45) is 6.42. The average molecular weight is 474 g/mol. The summed E-state index contributed by atoms with van der Waals surface area (Å²) in [7, 11) is 3.53. The van der Waals surface area contributed by atoms with Gasteiger partial charge in [-0.1, -0.05) is 26.7 Å². The molecule has 7 nitrogen and oxygen atoms in total. The highest BCUT2D eigenvalue weighted by molar-refractivity contribution is 5.99. The van der Waals surface area contributed by atoms with E-state index in [-0.39, 0.29) is 29.9 Å². The zero-order valence-electron chi connectivity index (χ0n) is 21.6. The first-order valence-corrected chi connectivity index (χ1v) is 12.9. The predicted octanol–water partition coefficient (Wildman–Crippen LogP) is 4.42. The predicted molar refractivity (Wildman–Crippen MR) is 135 cm³/mol. The second-order valence-electron chi connectivity index (χ2n) is 10.2. The summed E-state index contributed by atoms with van der Waals surface area (Å²) in [6.45, 7) is 9.38. The number of likely N-dealkylation sites (N-methyl/N-ethyl adjacent to an activating group) is 1. The molecule has 1 heterocycles. The first kappa shape index (κ1) is 26.5. The lowest BCUT2D eigenvalue weighted by atomic mass is 9.99. The van der Waals surface area contributed by atoms with Crippen LogP contribution in [0.1, 0.15) is 69.7 Å². The van der Waals surface area contributed by atoms with Gasteiger partial charge in [0.05, 0.1) is 11.7 Å². The third-order valence-corrected chi connectivity index (χ3v) is 7.30. The summed E-state index contributed by atoms with van der Waals surface area (Å²) in [4.78, 5) is 29.8. The molecule has 1 saturated carbocycles. The average Bonchev–Trinajstić information content (AvgIpc) is 3.33. The Morgan fingerprint density at radius 1 is 1.21 bits per heavy atom. The van der Waals surface area contributed by atoms with Crippen LogP contribution < -0.4 is 10.1 Å². The maximum absolute atomic E-state index is 13.4. The summed E-state index contributed by atoms with van der Waals surface area (Å²) in [6, 6.07) is 5.56. The minimum absolute atomic E-state index is 0.0539. The molecule has 34 heavy (non-hydrogen) atoms. The van der Waals surface area contributed by atoms with Crippen molar-refractivity contribution in [2.45, 2.75) is 71.4 Å². The fourth-order valence-corrected chi connectivity index (χ4v) is 5.16. The molecule has 1 fully saturated rings. The number of carbonyl (C=O) groups excluding carboxylic acids is 2. The van der Waals surface area contributed by atoms with E-state index in [0.717, 1.165) is 25.4 Å². The van der Waals surface area contributed by atoms with Gasteiger partial charge in [-0.3, -0.25) is 14.5 Å². The summed E-state index contributed by atoms with van der Waals surface area (Å²) < 4.78 is 12.1. The third-order valence-electron chi connectivity index (χ3n) is 7.30. The van der Waals surface area contributed by atoms with Crippen molar-refractivity contribution in [3.63, 3.8) is 0 Å². The summed E-state index contributed by atoms with van der Waals surface area (Å²) in [5.74, 6) is 1.38. The molecule has 7 heteroatoms. The number of fused-ring (bicyclic) bond motifs is 1. The van der Waals surface area contributed by atoms with E-state index >= 15 is 0 Å².